The quantitative estimate of drug-likeness (QED) is 0.0972. The molecule has 18 heteroatoms. The van der Waals surface area contributed by atoms with E-state index in [2.05, 4.69) is 52.9 Å². The summed E-state index contributed by atoms with van der Waals surface area (Å²) < 4.78 is 24.0. The second kappa shape index (κ2) is 17.5. The smallest absolute Gasteiger partial charge is 0.344 e. The maximum absolute atomic E-state index is 15.2. The Morgan fingerprint density at radius 1 is 0.896 bits per heavy atom. The summed E-state index contributed by atoms with van der Waals surface area (Å²) in [6, 6.07) is 11.3. The number of benzene rings is 2. The van der Waals surface area contributed by atoms with Gasteiger partial charge in [0.1, 0.15) is 11.2 Å². The number of nitrogens with one attached hydrogen (secondary N) is 1. The van der Waals surface area contributed by atoms with Gasteiger partial charge in [-0.1, -0.05) is 43.7 Å². The normalized spacial score (nSPS) is 32.3. The number of carboxylic acid groups (broad SMARTS) is 2. The fourth-order valence-electron chi connectivity index (χ4n) is 13.6. The van der Waals surface area contributed by atoms with Gasteiger partial charge in [0.15, 0.2) is 18.3 Å². The number of anilines is 1. The van der Waals surface area contributed by atoms with Crippen LogP contribution < -0.4 is 9.64 Å². The van der Waals surface area contributed by atoms with Crippen LogP contribution in [0.25, 0.3) is 10.9 Å². The van der Waals surface area contributed by atoms with Crippen LogP contribution >= 0.6 is 0 Å². The number of aliphatic hydroxyl groups is 3. The maximum Gasteiger partial charge on any atom is 0.344 e. The van der Waals surface area contributed by atoms with E-state index in [-0.39, 0.29) is 17.9 Å². The van der Waals surface area contributed by atoms with Crippen molar-refractivity contribution in [1.29, 1.82) is 0 Å². The first kappa shape index (κ1) is 47.9. The Bertz CT molecular complexity index is 2510. The highest BCUT2D eigenvalue weighted by Crippen LogP contribution is 2.69. The highest BCUT2D eigenvalue weighted by atomic mass is 16.6. The van der Waals surface area contributed by atoms with Crippen LogP contribution in [0.1, 0.15) is 81.7 Å². The number of aromatic amines is 1. The van der Waals surface area contributed by atoms with Gasteiger partial charge >= 0.3 is 29.8 Å². The molecule has 18 nitrogen and oxygen atoms in total. The molecule has 6 heterocycles. The summed E-state index contributed by atoms with van der Waals surface area (Å²) in [5, 5.41) is 46.9. The third-order valence-electron chi connectivity index (χ3n) is 16.0. The van der Waals surface area contributed by atoms with Crippen molar-refractivity contribution >= 4 is 46.4 Å². The molecule has 1 aromatic heterocycles. The molecule has 2 saturated heterocycles. The molecular formula is C49H62N4O14. The number of hydrogen-bond acceptors (Lipinski definition) is 15. The fourth-order valence-corrected chi connectivity index (χ4v) is 13.6. The molecule has 0 amide bonds. The van der Waals surface area contributed by atoms with Crippen molar-refractivity contribution in [2.45, 2.75) is 113 Å². The number of carboxylic acids is 2. The number of fused-ring (bicyclic) bond motifs is 6. The van der Waals surface area contributed by atoms with Gasteiger partial charge in [-0.05, 0) is 80.8 Å². The number of nitrogens with zero attached hydrogens (tertiary/aromatic N) is 3. The molecule has 3 fully saturated rings. The van der Waals surface area contributed by atoms with Crippen molar-refractivity contribution in [2.75, 3.05) is 59.5 Å². The Balaban J connectivity index is 0.000000547. The summed E-state index contributed by atoms with van der Waals surface area (Å²) in [5.41, 5.74) is 1.46. The Labute approximate surface area is 388 Å². The maximum atomic E-state index is 15.2. The highest BCUT2D eigenvalue weighted by molar-refractivity contribution is 5.95. The second-order valence-corrected chi connectivity index (χ2v) is 19.1. The van der Waals surface area contributed by atoms with Crippen molar-refractivity contribution in [1.82, 2.24) is 14.8 Å². The van der Waals surface area contributed by atoms with Gasteiger partial charge in [-0.3, -0.25) is 19.4 Å². The number of aliphatic hydroxyl groups excluding tert-OH is 2. The van der Waals surface area contributed by atoms with E-state index in [0.717, 1.165) is 72.4 Å². The number of aromatic nitrogens is 1. The van der Waals surface area contributed by atoms with Gasteiger partial charge in [-0.2, -0.15) is 0 Å². The number of rotatable bonds is 10. The number of hydrogen-bond donors (Lipinski definition) is 6. The summed E-state index contributed by atoms with van der Waals surface area (Å²) in [4.78, 5) is 72.8. The van der Waals surface area contributed by atoms with E-state index in [4.69, 9.17) is 39.4 Å². The number of carbonyl (C=O) groups excluding carboxylic acids is 3. The minimum absolute atomic E-state index is 0.0375. The topological polar surface area (TPSA) is 249 Å². The number of para-hydroxylation sites is 1. The van der Waals surface area contributed by atoms with Gasteiger partial charge in [-0.25, -0.2) is 14.4 Å². The predicted molar refractivity (Wildman–Crippen MR) is 241 cm³/mol. The minimum atomic E-state index is -2.27. The number of aliphatic carboxylic acids is 2. The van der Waals surface area contributed by atoms with Crippen molar-refractivity contribution in [3.63, 3.8) is 0 Å². The molecule has 67 heavy (non-hydrogen) atoms. The summed E-state index contributed by atoms with van der Waals surface area (Å²) in [6.45, 7) is 9.52. The van der Waals surface area contributed by atoms with Crippen molar-refractivity contribution in [3.8, 4) is 5.75 Å². The lowest BCUT2D eigenvalue weighted by Crippen LogP contribution is -2.82. The monoisotopic (exact) mass is 930 g/mol. The number of likely N-dealkylation sites (N-methyl/N-ethyl adjacent to an activating group) is 1. The summed E-state index contributed by atoms with van der Waals surface area (Å²) in [5.74, 6) is -4.75. The van der Waals surface area contributed by atoms with Gasteiger partial charge < -0.3 is 54.4 Å². The summed E-state index contributed by atoms with van der Waals surface area (Å²) in [7, 11) is 6.28. The molecule has 3 aromatic rings. The first-order chi connectivity index (χ1) is 31.8. The van der Waals surface area contributed by atoms with Crippen molar-refractivity contribution in [3.05, 3.63) is 70.4 Å². The summed E-state index contributed by atoms with van der Waals surface area (Å²) in [6.07, 6.45) is 0.737. The first-order valence-corrected chi connectivity index (χ1v) is 23.0. The molecule has 5 aliphatic heterocycles. The highest BCUT2D eigenvalue weighted by Gasteiger charge is 2.81. The molecule has 1 unspecified atom stereocenters. The average Bonchev–Trinajstić information content (AvgIpc) is 3.97. The largest absolute Gasteiger partial charge is 0.496 e. The molecule has 1 saturated carbocycles. The lowest BCUT2D eigenvalue weighted by atomic mass is 9.46. The number of methoxy groups -OCH3 is 3. The number of piperidine rings is 1. The van der Waals surface area contributed by atoms with Gasteiger partial charge in [-0.15, -0.1) is 0 Å². The van der Waals surface area contributed by atoms with Gasteiger partial charge in [0, 0.05) is 84.4 Å². The van der Waals surface area contributed by atoms with Crippen LogP contribution in [-0.4, -0.2) is 161 Å². The number of ether oxygens (including phenoxy) is 4. The molecule has 1 aliphatic carbocycles. The minimum Gasteiger partial charge on any atom is -0.496 e. The summed E-state index contributed by atoms with van der Waals surface area (Å²) >= 11 is 0. The van der Waals surface area contributed by atoms with Crippen LogP contribution in [0.5, 0.6) is 5.75 Å². The predicted octanol–water partition coefficient (Wildman–Crippen LogP) is 2.86. The zero-order chi connectivity index (χ0) is 48.5. The zero-order valence-electron chi connectivity index (χ0n) is 39.0. The van der Waals surface area contributed by atoms with Gasteiger partial charge in [0.25, 0.3) is 0 Å². The molecule has 11 atom stereocenters. The van der Waals surface area contributed by atoms with Gasteiger partial charge in [0.2, 0.25) is 5.60 Å². The van der Waals surface area contributed by atoms with E-state index in [1.165, 1.54) is 26.7 Å². The van der Waals surface area contributed by atoms with E-state index < -0.39 is 70.1 Å². The molecule has 362 valence electrons. The van der Waals surface area contributed by atoms with E-state index in [1.807, 2.05) is 30.1 Å². The number of H-pyrrole nitrogens is 1. The lowest BCUT2D eigenvalue weighted by molar-refractivity contribution is -0.242. The molecule has 0 radical (unpaired) electrons. The fraction of sp³-hybridized carbons (Fsp3) is 0.571. The molecule has 6 aliphatic rings. The first-order valence-electron chi connectivity index (χ1n) is 23.0. The van der Waals surface area contributed by atoms with Crippen LogP contribution in [0.2, 0.25) is 0 Å². The SMILES string of the molecule is CCC1=C[C@@H]2CN(C1)Cc1c([nH]c3ccccc13)[C@@](C(=O)OC)(c1cc3c(cc1OC)N(C)[C@H]1[C@@](O)(C(=O)OC)[C@H](OC(C)=O)[C@]4(CC)CCCN5CC[C@]31[C@@H]54)C2.O=C(O)[C@@H](O)[C@H](O)C(=O)O. The van der Waals surface area contributed by atoms with E-state index in [0.29, 0.717) is 43.5 Å². The van der Waals surface area contributed by atoms with Crippen LogP contribution in [0, 0.1) is 11.3 Å². The van der Waals surface area contributed by atoms with Crippen LogP contribution in [0.4, 0.5) is 5.69 Å². The molecule has 2 aromatic carbocycles. The van der Waals surface area contributed by atoms with E-state index >= 15 is 4.79 Å². The standard InChI is InChI=1S/C45H56N4O8.C4H6O6/c1-8-27-19-28-22-44(40(51)55-6,36-30(25-48(23-27)24-28)29-13-10-11-14-33(29)46-36)32-20-31-34(21-35(32)54-5)47(4)38-43(31)16-18-49-17-12-15-42(9-2,37(43)49)39(57-26(3)50)45(38,53)41(52)56-7;5-1(3(7)8)2(6)4(9)10/h10-11,13-14,19-21,28,37-39,46,53H,8-9,12,15-18,22-25H2,1-7H3;1-2,5-6H,(H,7,8)(H,9,10)/t28-,37-,38+,39+,42+,43+,44-,45-;1-,2-/m00/s1. The molecule has 6 N–H and O–H groups in total. The van der Waals surface area contributed by atoms with E-state index in [1.54, 1.807) is 7.11 Å². The molecule has 9 rings (SSSR count). The van der Waals surface area contributed by atoms with E-state index in [9.17, 15) is 24.3 Å². The third kappa shape index (κ3) is 6.95. The lowest BCUT2D eigenvalue weighted by Gasteiger charge is -2.65. The second-order valence-electron chi connectivity index (χ2n) is 19.1. The van der Waals surface area contributed by atoms with Gasteiger partial charge in [0.05, 0.1) is 27.4 Å². The number of esters is 3. The Kier molecular flexibility index (Phi) is 12.5. The Morgan fingerprint density at radius 2 is 1.58 bits per heavy atom. The third-order valence-corrected chi connectivity index (χ3v) is 16.0. The average molecular weight is 931 g/mol. The van der Waals surface area contributed by atoms with Crippen LogP contribution in [-0.2, 0) is 55.6 Å². The zero-order valence-corrected chi connectivity index (χ0v) is 39.0. The molecule has 1 spiro atoms. The van der Waals surface area contributed by atoms with Crippen molar-refractivity contribution in [2.24, 2.45) is 11.3 Å². The Morgan fingerprint density at radius 3 is 2.19 bits per heavy atom. The molecule has 2 bridgehead atoms. The van der Waals surface area contributed by atoms with Crippen LogP contribution in [0.3, 0.4) is 0 Å². The Hall–Kier alpha value is -5.53. The molecular weight excluding hydrogens is 869 g/mol. The van der Waals surface area contributed by atoms with Crippen molar-refractivity contribution < 1.29 is 68.5 Å². The van der Waals surface area contributed by atoms with Crippen LogP contribution in [0.15, 0.2) is 48.0 Å². The number of carbonyl (C=O) groups is 5.